The lowest BCUT2D eigenvalue weighted by Gasteiger charge is -2.17. The van der Waals surface area contributed by atoms with E-state index in [1.165, 1.54) is 0 Å². The summed E-state index contributed by atoms with van der Waals surface area (Å²) in [5.41, 5.74) is 3.32. The molecule has 0 radical (unpaired) electrons. The summed E-state index contributed by atoms with van der Waals surface area (Å²) >= 11 is 0. The van der Waals surface area contributed by atoms with E-state index in [9.17, 15) is 0 Å². The SMILES string of the molecule is COc1cc(OCc2ccccc2)c(C2=CCCC=C2)cc1OC. The van der Waals surface area contributed by atoms with Gasteiger partial charge in [0.25, 0.3) is 0 Å². The highest BCUT2D eigenvalue weighted by atomic mass is 16.5. The van der Waals surface area contributed by atoms with Gasteiger partial charge in [-0.25, -0.2) is 0 Å². The van der Waals surface area contributed by atoms with Crippen molar-refractivity contribution in [3.8, 4) is 17.2 Å². The van der Waals surface area contributed by atoms with Crippen LogP contribution in [0.2, 0.25) is 0 Å². The summed E-state index contributed by atoms with van der Waals surface area (Å²) in [4.78, 5) is 0. The van der Waals surface area contributed by atoms with Gasteiger partial charge in [-0.2, -0.15) is 0 Å². The maximum atomic E-state index is 6.11. The topological polar surface area (TPSA) is 27.7 Å². The molecule has 0 aliphatic heterocycles. The Balaban J connectivity index is 1.95. The normalized spacial score (nSPS) is 13.3. The van der Waals surface area contributed by atoms with Crippen molar-refractivity contribution >= 4 is 5.57 Å². The van der Waals surface area contributed by atoms with Crippen LogP contribution in [0.5, 0.6) is 17.2 Å². The molecule has 0 atom stereocenters. The van der Waals surface area contributed by atoms with Gasteiger partial charge in [0.2, 0.25) is 0 Å². The smallest absolute Gasteiger partial charge is 0.164 e. The van der Waals surface area contributed by atoms with Crippen molar-refractivity contribution in [2.24, 2.45) is 0 Å². The third-order valence-corrected chi connectivity index (χ3v) is 4.03. The Labute approximate surface area is 143 Å². The highest BCUT2D eigenvalue weighted by Crippen LogP contribution is 2.39. The number of benzene rings is 2. The molecule has 3 nitrogen and oxygen atoms in total. The van der Waals surface area contributed by atoms with Gasteiger partial charge in [0, 0.05) is 11.6 Å². The lowest BCUT2D eigenvalue weighted by atomic mass is 9.98. The molecule has 0 N–H and O–H groups in total. The van der Waals surface area contributed by atoms with Gasteiger partial charge in [0.15, 0.2) is 11.5 Å². The molecule has 0 bridgehead atoms. The summed E-state index contributed by atoms with van der Waals surface area (Å²) in [6.45, 7) is 0.514. The maximum absolute atomic E-state index is 6.11. The molecule has 2 aromatic carbocycles. The Morgan fingerprint density at radius 1 is 0.875 bits per heavy atom. The first-order valence-corrected chi connectivity index (χ1v) is 8.11. The first kappa shape index (κ1) is 16.2. The summed E-state index contributed by atoms with van der Waals surface area (Å²) in [7, 11) is 3.29. The van der Waals surface area contributed by atoms with Gasteiger partial charge in [0.1, 0.15) is 12.4 Å². The van der Waals surface area contributed by atoms with Crippen molar-refractivity contribution in [1.29, 1.82) is 0 Å². The van der Waals surface area contributed by atoms with Crippen LogP contribution in [-0.4, -0.2) is 14.2 Å². The fraction of sp³-hybridized carbons (Fsp3) is 0.238. The van der Waals surface area contributed by atoms with E-state index < -0.39 is 0 Å². The highest BCUT2D eigenvalue weighted by molar-refractivity contribution is 5.80. The average molecular weight is 322 g/mol. The molecule has 1 aliphatic rings. The predicted octanol–water partition coefficient (Wildman–Crippen LogP) is 5.02. The van der Waals surface area contributed by atoms with Crippen LogP contribution in [0.25, 0.3) is 5.57 Å². The first-order chi connectivity index (χ1) is 11.8. The minimum atomic E-state index is 0.514. The van der Waals surface area contributed by atoms with Crippen molar-refractivity contribution in [2.75, 3.05) is 14.2 Å². The fourth-order valence-corrected chi connectivity index (χ4v) is 2.75. The van der Waals surface area contributed by atoms with Crippen LogP contribution in [0.3, 0.4) is 0 Å². The molecule has 1 aliphatic carbocycles. The Bertz CT molecular complexity index is 745. The van der Waals surface area contributed by atoms with Gasteiger partial charge in [-0.1, -0.05) is 48.6 Å². The molecule has 0 saturated heterocycles. The molecule has 2 aromatic rings. The molecule has 0 heterocycles. The second kappa shape index (κ2) is 7.73. The number of methoxy groups -OCH3 is 2. The van der Waals surface area contributed by atoms with Crippen molar-refractivity contribution in [3.63, 3.8) is 0 Å². The number of allylic oxidation sites excluding steroid dienone is 4. The minimum absolute atomic E-state index is 0.514. The fourth-order valence-electron chi connectivity index (χ4n) is 2.75. The van der Waals surface area contributed by atoms with E-state index in [0.717, 1.165) is 35.3 Å². The van der Waals surface area contributed by atoms with Gasteiger partial charge >= 0.3 is 0 Å². The molecular formula is C21H22O3. The highest BCUT2D eigenvalue weighted by Gasteiger charge is 2.15. The summed E-state index contributed by atoms with van der Waals surface area (Å²) in [6.07, 6.45) is 8.68. The van der Waals surface area contributed by atoms with E-state index in [1.54, 1.807) is 14.2 Å². The molecule has 3 heteroatoms. The third kappa shape index (κ3) is 3.62. The Hall–Kier alpha value is -2.68. The summed E-state index contributed by atoms with van der Waals surface area (Å²) in [5.74, 6) is 2.18. The number of ether oxygens (including phenoxy) is 3. The Morgan fingerprint density at radius 2 is 1.62 bits per heavy atom. The zero-order valence-corrected chi connectivity index (χ0v) is 14.1. The van der Waals surface area contributed by atoms with Gasteiger partial charge in [-0.3, -0.25) is 0 Å². The van der Waals surface area contributed by atoms with E-state index in [-0.39, 0.29) is 0 Å². The van der Waals surface area contributed by atoms with Crippen LogP contribution in [0.1, 0.15) is 24.0 Å². The monoisotopic (exact) mass is 322 g/mol. The van der Waals surface area contributed by atoms with Crippen molar-refractivity contribution in [2.45, 2.75) is 19.4 Å². The van der Waals surface area contributed by atoms with Crippen LogP contribution < -0.4 is 14.2 Å². The lowest BCUT2D eigenvalue weighted by molar-refractivity contribution is 0.299. The minimum Gasteiger partial charge on any atom is -0.493 e. The van der Waals surface area contributed by atoms with Gasteiger partial charge in [0.05, 0.1) is 14.2 Å². The molecular weight excluding hydrogens is 300 g/mol. The third-order valence-electron chi connectivity index (χ3n) is 4.03. The molecule has 0 unspecified atom stereocenters. The molecule has 0 fully saturated rings. The second-order valence-corrected chi connectivity index (χ2v) is 5.62. The molecule has 0 spiro atoms. The molecule has 0 saturated carbocycles. The van der Waals surface area contributed by atoms with Crippen LogP contribution in [0, 0.1) is 0 Å². The van der Waals surface area contributed by atoms with E-state index in [1.807, 2.05) is 30.3 Å². The van der Waals surface area contributed by atoms with Crippen LogP contribution in [-0.2, 0) is 6.61 Å². The molecule has 124 valence electrons. The average Bonchev–Trinajstić information content (AvgIpc) is 2.67. The maximum Gasteiger partial charge on any atom is 0.164 e. The number of hydrogen-bond donors (Lipinski definition) is 0. The molecule has 24 heavy (non-hydrogen) atoms. The van der Waals surface area contributed by atoms with E-state index in [4.69, 9.17) is 14.2 Å². The molecule has 3 rings (SSSR count). The van der Waals surface area contributed by atoms with Crippen molar-refractivity contribution in [3.05, 3.63) is 71.8 Å². The molecule has 0 amide bonds. The van der Waals surface area contributed by atoms with E-state index in [2.05, 4.69) is 30.4 Å². The van der Waals surface area contributed by atoms with Crippen LogP contribution in [0.4, 0.5) is 0 Å². The second-order valence-electron chi connectivity index (χ2n) is 5.62. The lowest BCUT2D eigenvalue weighted by Crippen LogP contribution is -2.01. The van der Waals surface area contributed by atoms with Crippen molar-refractivity contribution < 1.29 is 14.2 Å². The standard InChI is InChI=1S/C21H22O3/c1-22-20-13-18(17-11-7-4-8-12-17)19(14-21(20)23-2)24-15-16-9-5-3-6-10-16/h3,5-7,9-14H,4,8,15H2,1-2H3. The van der Waals surface area contributed by atoms with Gasteiger partial charge in [-0.15, -0.1) is 0 Å². The largest absolute Gasteiger partial charge is 0.493 e. The quantitative estimate of drug-likeness (QED) is 0.747. The summed E-state index contributed by atoms with van der Waals surface area (Å²) in [5, 5.41) is 0. The van der Waals surface area contributed by atoms with Crippen LogP contribution >= 0.6 is 0 Å². The Morgan fingerprint density at radius 3 is 2.29 bits per heavy atom. The number of rotatable bonds is 6. The predicted molar refractivity (Wildman–Crippen MR) is 96.7 cm³/mol. The van der Waals surface area contributed by atoms with E-state index >= 15 is 0 Å². The summed E-state index contributed by atoms with van der Waals surface area (Å²) < 4.78 is 17.0. The summed E-state index contributed by atoms with van der Waals surface area (Å²) in [6, 6.07) is 14.0. The Kier molecular flexibility index (Phi) is 5.22. The number of hydrogen-bond acceptors (Lipinski definition) is 3. The molecule has 0 aromatic heterocycles. The van der Waals surface area contributed by atoms with Gasteiger partial charge < -0.3 is 14.2 Å². The zero-order chi connectivity index (χ0) is 16.8. The van der Waals surface area contributed by atoms with Gasteiger partial charge in [-0.05, 0) is 30.0 Å². The first-order valence-electron chi connectivity index (χ1n) is 8.11. The van der Waals surface area contributed by atoms with E-state index in [0.29, 0.717) is 18.1 Å². The van der Waals surface area contributed by atoms with Crippen LogP contribution in [0.15, 0.2) is 60.7 Å². The zero-order valence-electron chi connectivity index (χ0n) is 14.1. The van der Waals surface area contributed by atoms with Crippen molar-refractivity contribution in [1.82, 2.24) is 0 Å².